The van der Waals surface area contributed by atoms with Crippen molar-refractivity contribution in [3.63, 3.8) is 0 Å². The van der Waals surface area contributed by atoms with Crippen molar-refractivity contribution in [2.24, 2.45) is 0 Å². The van der Waals surface area contributed by atoms with Crippen molar-refractivity contribution >= 4 is 39.1 Å². The third-order valence-electron chi connectivity index (χ3n) is 5.20. The van der Waals surface area contributed by atoms with Gasteiger partial charge in [0.1, 0.15) is 6.07 Å². The summed E-state index contributed by atoms with van der Waals surface area (Å²) < 4.78 is 2.68. The van der Waals surface area contributed by atoms with E-state index in [1.807, 2.05) is 42.5 Å². The summed E-state index contributed by atoms with van der Waals surface area (Å²) in [5.41, 5.74) is 5.11. The van der Waals surface area contributed by atoms with Gasteiger partial charge in [0.15, 0.2) is 11.5 Å². The van der Waals surface area contributed by atoms with Gasteiger partial charge in [-0.05, 0) is 64.6 Å². The SMILES string of the molecule is CC(c1ccc2ncccc2c1)c1nnc2ccc(-c3cccc(C#N)c3I)nn12. The summed E-state index contributed by atoms with van der Waals surface area (Å²) >= 11 is 2.20. The summed E-state index contributed by atoms with van der Waals surface area (Å²) in [4.78, 5) is 4.39. The molecular formula is C23H15IN6. The van der Waals surface area contributed by atoms with Crippen molar-refractivity contribution in [3.05, 3.63) is 87.4 Å². The third kappa shape index (κ3) is 3.09. The van der Waals surface area contributed by atoms with Gasteiger partial charge in [0.2, 0.25) is 0 Å². The number of hydrogen-bond acceptors (Lipinski definition) is 5. The zero-order chi connectivity index (χ0) is 20.7. The monoisotopic (exact) mass is 502 g/mol. The average molecular weight is 502 g/mol. The van der Waals surface area contributed by atoms with Gasteiger partial charge in [-0.1, -0.05) is 31.2 Å². The van der Waals surface area contributed by atoms with Crippen molar-refractivity contribution in [1.82, 2.24) is 24.8 Å². The Bertz CT molecular complexity index is 1450. The van der Waals surface area contributed by atoms with Crippen LogP contribution in [0, 0.1) is 14.9 Å². The Balaban J connectivity index is 1.61. The minimum atomic E-state index is -0.00290. The van der Waals surface area contributed by atoms with Crippen molar-refractivity contribution in [3.8, 4) is 17.3 Å². The smallest absolute Gasteiger partial charge is 0.177 e. The van der Waals surface area contributed by atoms with Gasteiger partial charge in [0.05, 0.1) is 16.8 Å². The number of halogens is 1. The van der Waals surface area contributed by atoms with Gasteiger partial charge >= 0.3 is 0 Å². The molecule has 0 N–H and O–H groups in total. The van der Waals surface area contributed by atoms with Crippen LogP contribution in [-0.4, -0.2) is 24.8 Å². The highest BCUT2D eigenvalue weighted by atomic mass is 127. The fourth-order valence-electron chi connectivity index (χ4n) is 3.55. The zero-order valence-electron chi connectivity index (χ0n) is 16.0. The molecule has 30 heavy (non-hydrogen) atoms. The molecule has 0 saturated carbocycles. The molecule has 6 nitrogen and oxygen atoms in total. The second-order valence-electron chi connectivity index (χ2n) is 7.00. The highest BCUT2D eigenvalue weighted by molar-refractivity contribution is 14.1. The highest BCUT2D eigenvalue weighted by Crippen LogP contribution is 2.29. The maximum Gasteiger partial charge on any atom is 0.177 e. The molecule has 5 aromatic rings. The molecular weight excluding hydrogens is 487 g/mol. The molecule has 0 aliphatic rings. The van der Waals surface area contributed by atoms with Crippen LogP contribution in [0.5, 0.6) is 0 Å². The fourth-order valence-corrected chi connectivity index (χ4v) is 4.30. The van der Waals surface area contributed by atoms with E-state index in [9.17, 15) is 5.26 Å². The molecule has 0 amide bonds. The molecule has 144 valence electrons. The summed E-state index contributed by atoms with van der Waals surface area (Å²) in [5, 5.41) is 24.0. The van der Waals surface area contributed by atoms with E-state index in [4.69, 9.17) is 5.10 Å². The zero-order valence-corrected chi connectivity index (χ0v) is 18.1. The van der Waals surface area contributed by atoms with Crippen molar-refractivity contribution < 1.29 is 0 Å². The summed E-state index contributed by atoms with van der Waals surface area (Å²) in [6.07, 6.45) is 1.80. The minimum Gasteiger partial charge on any atom is -0.256 e. The van der Waals surface area contributed by atoms with Crippen LogP contribution in [0.2, 0.25) is 0 Å². The van der Waals surface area contributed by atoms with Gasteiger partial charge in [-0.2, -0.15) is 14.9 Å². The van der Waals surface area contributed by atoms with E-state index in [2.05, 4.69) is 69.0 Å². The van der Waals surface area contributed by atoms with Crippen molar-refractivity contribution in [1.29, 1.82) is 5.26 Å². The van der Waals surface area contributed by atoms with Gasteiger partial charge in [0, 0.05) is 26.6 Å². The lowest BCUT2D eigenvalue weighted by molar-refractivity contribution is 0.753. The van der Waals surface area contributed by atoms with Crippen LogP contribution < -0.4 is 0 Å². The number of hydrogen-bond donors (Lipinski definition) is 0. The maximum atomic E-state index is 9.34. The normalized spacial score (nSPS) is 12.2. The molecule has 0 saturated heterocycles. The van der Waals surface area contributed by atoms with Crippen LogP contribution in [0.3, 0.4) is 0 Å². The number of nitriles is 1. The van der Waals surface area contributed by atoms with Gasteiger partial charge < -0.3 is 0 Å². The van der Waals surface area contributed by atoms with Crippen LogP contribution in [0.25, 0.3) is 27.8 Å². The van der Waals surface area contributed by atoms with Crippen LogP contribution in [0.4, 0.5) is 0 Å². The van der Waals surface area contributed by atoms with Crippen LogP contribution in [0.15, 0.2) is 66.9 Å². The number of rotatable bonds is 3. The number of nitrogens with zero attached hydrogens (tertiary/aromatic N) is 6. The number of pyridine rings is 1. The molecule has 3 heterocycles. The highest BCUT2D eigenvalue weighted by Gasteiger charge is 2.18. The van der Waals surface area contributed by atoms with E-state index >= 15 is 0 Å². The largest absolute Gasteiger partial charge is 0.256 e. The Kier molecular flexibility index (Phi) is 4.64. The summed E-state index contributed by atoms with van der Waals surface area (Å²) in [6.45, 7) is 2.10. The van der Waals surface area contributed by atoms with E-state index < -0.39 is 0 Å². The molecule has 0 aliphatic carbocycles. The molecule has 0 spiro atoms. The summed E-state index contributed by atoms with van der Waals surface area (Å²) in [6, 6.07) is 21.9. The average Bonchev–Trinajstić information content (AvgIpc) is 3.21. The molecule has 7 heteroatoms. The molecule has 3 aromatic heterocycles. The van der Waals surface area contributed by atoms with Gasteiger partial charge in [-0.25, -0.2) is 0 Å². The molecule has 1 unspecified atom stereocenters. The second-order valence-corrected chi connectivity index (χ2v) is 8.08. The predicted molar refractivity (Wildman–Crippen MR) is 123 cm³/mol. The van der Waals surface area contributed by atoms with E-state index in [1.165, 1.54) is 0 Å². The van der Waals surface area contributed by atoms with Crippen LogP contribution >= 0.6 is 22.6 Å². The first-order chi connectivity index (χ1) is 14.7. The van der Waals surface area contributed by atoms with Crippen LogP contribution in [-0.2, 0) is 0 Å². The lowest BCUT2D eigenvalue weighted by atomic mass is 9.98. The van der Waals surface area contributed by atoms with Gasteiger partial charge in [-0.3, -0.25) is 4.98 Å². The Labute approximate surface area is 186 Å². The number of benzene rings is 2. The Hall–Kier alpha value is -3.38. The Morgan fingerprint density at radius 3 is 2.80 bits per heavy atom. The third-order valence-corrected chi connectivity index (χ3v) is 6.36. The topological polar surface area (TPSA) is 79.8 Å². The molecule has 0 radical (unpaired) electrons. The van der Waals surface area contributed by atoms with E-state index in [0.717, 1.165) is 37.1 Å². The molecule has 5 rings (SSSR count). The first kappa shape index (κ1) is 18.6. The Morgan fingerprint density at radius 2 is 1.93 bits per heavy atom. The lowest BCUT2D eigenvalue weighted by Gasteiger charge is -2.12. The number of fused-ring (bicyclic) bond motifs is 2. The fraction of sp³-hybridized carbons (Fsp3) is 0.0870. The van der Waals surface area contributed by atoms with E-state index in [1.54, 1.807) is 10.7 Å². The summed E-state index contributed by atoms with van der Waals surface area (Å²) in [7, 11) is 0. The maximum absolute atomic E-state index is 9.34. The van der Waals surface area contributed by atoms with E-state index in [-0.39, 0.29) is 5.92 Å². The minimum absolute atomic E-state index is 0.00290. The molecule has 0 fully saturated rings. The van der Waals surface area contributed by atoms with Gasteiger partial charge in [-0.15, -0.1) is 10.2 Å². The molecule has 0 bridgehead atoms. The van der Waals surface area contributed by atoms with E-state index in [0.29, 0.717) is 11.2 Å². The van der Waals surface area contributed by atoms with Gasteiger partial charge in [0.25, 0.3) is 0 Å². The summed E-state index contributed by atoms with van der Waals surface area (Å²) in [5.74, 6) is 0.762. The molecule has 1 atom stereocenters. The van der Waals surface area contributed by atoms with Crippen molar-refractivity contribution in [2.45, 2.75) is 12.8 Å². The quantitative estimate of drug-likeness (QED) is 0.326. The molecule has 0 aliphatic heterocycles. The first-order valence-corrected chi connectivity index (χ1v) is 10.5. The van der Waals surface area contributed by atoms with Crippen LogP contribution in [0.1, 0.15) is 29.8 Å². The lowest BCUT2D eigenvalue weighted by Crippen LogP contribution is -2.06. The predicted octanol–water partition coefficient (Wildman–Crippen LogP) is 4.97. The standard InChI is InChI=1S/C23H15IN6/c1-14(15-7-8-19-16(12-15)5-3-11-26-19)23-28-27-21-10-9-20(29-30(21)23)18-6-2-4-17(13-25)22(18)24/h2-12,14H,1H3. The molecule has 2 aromatic carbocycles. The first-order valence-electron chi connectivity index (χ1n) is 9.42. The second kappa shape index (κ2) is 7.46. The van der Waals surface area contributed by atoms with Crippen molar-refractivity contribution in [2.75, 3.05) is 0 Å². The number of aromatic nitrogens is 5. The Morgan fingerprint density at radius 1 is 1.03 bits per heavy atom.